The van der Waals surface area contributed by atoms with Gasteiger partial charge < -0.3 is 9.09 Å². The number of aromatic nitrogens is 6. The van der Waals surface area contributed by atoms with E-state index in [4.69, 9.17) is 4.52 Å². The Bertz CT molecular complexity index is 1030. The summed E-state index contributed by atoms with van der Waals surface area (Å²) in [4.78, 5) is 8.39. The predicted molar refractivity (Wildman–Crippen MR) is 98.2 cm³/mol. The minimum atomic E-state index is -0.307. The molecule has 9 heteroatoms. The maximum atomic E-state index is 13.0. The fourth-order valence-electron chi connectivity index (χ4n) is 2.55. The minimum absolute atomic E-state index is 0.307. The second-order valence-electron chi connectivity index (χ2n) is 5.60. The van der Waals surface area contributed by atoms with Gasteiger partial charge >= 0.3 is 0 Å². The molecule has 7 nitrogen and oxygen atoms in total. The summed E-state index contributed by atoms with van der Waals surface area (Å²) in [6.45, 7) is 2.78. The third-order valence-corrected chi connectivity index (χ3v) is 4.82. The van der Waals surface area contributed by atoms with Gasteiger partial charge in [0.05, 0.1) is 5.75 Å². The number of pyridine rings is 1. The summed E-state index contributed by atoms with van der Waals surface area (Å²) in [5.74, 6) is 1.87. The van der Waals surface area contributed by atoms with Crippen molar-refractivity contribution in [2.24, 2.45) is 0 Å². The van der Waals surface area contributed by atoms with Gasteiger partial charge in [0.1, 0.15) is 5.82 Å². The van der Waals surface area contributed by atoms with Gasteiger partial charge in [-0.3, -0.25) is 4.98 Å². The van der Waals surface area contributed by atoms with E-state index in [1.165, 1.54) is 23.9 Å². The molecule has 1 aromatic carbocycles. The third-order valence-electron chi connectivity index (χ3n) is 3.86. The maximum Gasteiger partial charge on any atom is 0.257 e. The molecule has 0 bridgehead atoms. The lowest BCUT2D eigenvalue weighted by molar-refractivity contribution is 0.425. The molecular weight excluding hydrogens is 367 g/mol. The van der Waals surface area contributed by atoms with E-state index in [0.29, 0.717) is 23.0 Å². The quantitative estimate of drug-likeness (QED) is 0.469. The Kier molecular flexibility index (Phi) is 4.93. The third kappa shape index (κ3) is 3.72. The molecule has 4 aromatic rings. The van der Waals surface area contributed by atoms with E-state index in [1.807, 2.05) is 23.6 Å². The Morgan fingerprint density at radius 3 is 2.56 bits per heavy atom. The van der Waals surface area contributed by atoms with Gasteiger partial charge in [0.25, 0.3) is 5.89 Å². The number of halogens is 1. The summed E-state index contributed by atoms with van der Waals surface area (Å²) in [7, 11) is 0. The monoisotopic (exact) mass is 382 g/mol. The number of benzene rings is 1. The molecule has 0 unspecified atom stereocenters. The molecule has 27 heavy (non-hydrogen) atoms. The van der Waals surface area contributed by atoms with Crippen LogP contribution in [0.1, 0.15) is 12.7 Å². The molecule has 0 aliphatic rings. The van der Waals surface area contributed by atoms with Crippen molar-refractivity contribution >= 4 is 11.8 Å². The van der Waals surface area contributed by atoms with Gasteiger partial charge in [0.15, 0.2) is 16.8 Å². The van der Waals surface area contributed by atoms with Crippen LogP contribution in [0.4, 0.5) is 4.39 Å². The Hall–Kier alpha value is -3.07. The van der Waals surface area contributed by atoms with Crippen molar-refractivity contribution in [3.63, 3.8) is 0 Å². The van der Waals surface area contributed by atoms with Gasteiger partial charge in [0.2, 0.25) is 0 Å². The summed E-state index contributed by atoms with van der Waals surface area (Å²) in [6.07, 6.45) is 3.46. The smallest absolute Gasteiger partial charge is 0.257 e. The van der Waals surface area contributed by atoms with Gasteiger partial charge in [-0.1, -0.05) is 16.9 Å². The van der Waals surface area contributed by atoms with E-state index in [2.05, 4.69) is 25.3 Å². The summed E-state index contributed by atoms with van der Waals surface area (Å²) < 4.78 is 20.3. The van der Waals surface area contributed by atoms with Crippen molar-refractivity contribution in [3.8, 4) is 22.8 Å². The second-order valence-corrected chi connectivity index (χ2v) is 6.54. The highest BCUT2D eigenvalue weighted by atomic mass is 32.2. The largest absolute Gasteiger partial charge is 0.334 e. The summed E-state index contributed by atoms with van der Waals surface area (Å²) in [5.41, 5.74) is 1.64. The van der Waals surface area contributed by atoms with Crippen LogP contribution in [0.25, 0.3) is 22.8 Å². The van der Waals surface area contributed by atoms with Crippen LogP contribution in [0, 0.1) is 5.82 Å². The van der Waals surface area contributed by atoms with Gasteiger partial charge in [-0.05, 0) is 43.3 Å². The molecule has 0 saturated carbocycles. The van der Waals surface area contributed by atoms with E-state index < -0.39 is 0 Å². The Labute approximate surface area is 158 Å². The van der Waals surface area contributed by atoms with E-state index in [0.717, 1.165) is 23.1 Å². The molecule has 0 spiro atoms. The molecule has 0 aliphatic heterocycles. The van der Waals surface area contributed by atoms with Crippen LogP contribution in [-0.4, -0.2) is 29.9 Å². The van der Waals surface area contributed by atoms with Crippen molar-refractivity contribution in [2.75, 3.05) is 0 Å². The van der Waals surface area contributed by atoms with Crippen LogP contribution in [0.5, 0.6) is 0 Å². The van der Waals surface area contributed by atoms with Crippen LogP contribution in [-0.2, 0) is 12.3 Å². The van der Waals surface area contributed by atoms with Crippen LogP contribution in [0.2, 0.25) is 0 Å². The molecule has 0 fully saturated rings. The Balaban J connectivity index is 1.50. The standard InChI is InChI=1S/C18H15FN6OS/c1-2-25-16(12-7-9-20-10-8-12)22-23-18(25)27-11-15-21-17(26-24-15)13-3-5-14(19)6-4-13/h3-10H,2,11H2,1H3. The van der Waals surface area contributed by atoms with E-state index >= 15 is 0 Å². The summed E-state index contributed by atoms with van der Waals surface area (Å²) in [6, 6.07) is 9.73. The van der Waals surface area contributed by atoms with E-state index in [-0.39, 0.29) is 5.82 Å². The lowest BCUT2D eigenvalue weighted by atomic mass is 10.2. The lowest BCUT2D eigenvalue weighted by Gasteiger charge is -2.06. The fraction of sp³-hybridized carbons (Fsp3) is 0.167. The molecule has 0 amide bonds. The van der Waals surface area contributed by atoms with Crippen molar-refractivity contribution in [1.29, 1.82) is 0 Å². The topological polar surface area (TPSA) is 82.5 Å². The van der Waals surface area contributed by atoms with Gasteiger partial charge in [-0.15, -0.1) is 10.2 Å². The van der Waals surface area contributed by atoms with Crippen molar-refractivity contribution in [2.45, 2.75) is 24.4 Å². The predicted octanol–water partition coefficient (Wildman–Crippen LogP) is 3.84. The van der Waals surface area contributed by atoms with Gasteiger partial charge in [0, 0.05) is 30.1 Å². The average Bonchev–Trinajstić information content (AvgIpc) is 3.34. The SMILES string of the molecule is CCn1c(SCc2noc(-c3ccc(F)cc3)n2)nnc1-c1ccncc1. The molecule has 4 rings (SSSR count). The zero-order valence-corrected chi connectivity index (χ0v) is 15.2. The summed E-state index contributed by atoms with van der Waals surface area (Å²) >= 11 is 1.48. The molecule has 0 radical (unpaired) electrons. The van der Waals surface area contributed by atoms with E-state index in [1.54, 1.807) is 24.5 Å². The lowest BCUT2D eigenvalue weighted by Crippen LogP contribution is -2.00. The molecule has 3 heterocycles. The normalized spacial score (nSPS) is 11.0. The molecule has 0 atom stereocenters. The fourth-order valence-corrected chi connectivity index (χ4v) is 3.39. The molecule has 0 saturated heterocycles. The first kappa shape index (κ1) is 17.3. The van der Waals surface area contributed by atoms with Gasteiger partial charge in [-0.25, -0.2) is 4.39 Å². The Morgan fingerprint density at radius 1 is 1.04 bits per heavy atom. The number of hydrogen-bond donors (Lipinski definition) is 0. The zero-order chi connectivity index (χ0) is 18.6. The molecule has 3 aromatic heterocycles. The first-order chi connectivity index (χ1) is 13.2. The number of thioether (sulfide) groups is 1. The molecular formula is C18H15FN6OS. The Morgan fingerprint density at radius 2 is 1.81 bits per heavy atom. The van der Waals surface area contributed by atoms with Gasteiger partial charge in [-0.2, -0.15) is 4.98 Å². The highest BCUT2D eigenvalue weighted by Gasteiger charge is 2.15. The minimum Gasteiger partial charge on any atom is -0.334 e. The first-order valence-corrected chi connectivity index (χ1v) is 9.28. The van der Waals surface area contributed by atoms with Crippen molar-refractivity contribution in [1.82, 2.24) is 29.9 Å². The number of nitrogens with zero attached hydrogens (tertiary/aromatic N) is 6. The first-order valence-electron chi connectivity index (χ1n) is 8.29. The molecule has 0 aliphatic carbocycles. The van der Waals surface area contributed by atoms with Crippen LogP contribution < -0.4 is 0 Å². The average molecular weight is 382 g/mol. The maximum absolute atomic E-state index is 13.0. The van der Waals surface area contributed by atoms with E-state index in [9.17, 15) is 4.39 Å². The van der Waals surface area contributed by atoms with Crippen LogP contribution >= 0.6 is 11.8 Å². The highest BCUT2D eigenvalue weighted by molar-refractivity contribution is 7.98. The van der Waals surface area contributed by atoms with Crippen molar-refractivity contribution in [3.05, 3.63) is 60.4 Å². The molecule has 136 valence electrons. The molecule has 0 N–H and O–H groups in total. The second kappa shape index (κ2) is 7.67. The van der Waals surface area contributed by atoms with Crippen molar-refractivity contribution < 1.29 is 8.91 Å². The number of rotatable bonds is 6. The van der Waals surface area contributed by atoms with Crippen LogP contribution in [0.15, 0.2) is 58.5 Å². The number of hydrogen-bond acceptors (Lipinski definition) is 7. The summed E-state index contributed by atoms with van der Waals surface area (Å²) in [5, 5.41) is 13.3. The van der Waals surface area contributed by atoms with Crippen LogP contribution in [0.3, 0.4) is 0 Å². The highest BCUT2D eigenvalue weighted by Crippen LogP contribution is 2.26. The zero-order valence-electron chi connectivity index (χ0n) is 14.4.